The van der Waals surface area contributed by atoms with Crippen LogP contribution in [0, 0.1) is 0 Å². The van der Waals surface area contributed by atoms with E-state index in [1.54, 1.807) is 0 Å². The molecule has 0 aromatic rings. The highest BCUT2D eigenvalue weighted by Crippen LogP contribution is 2.12. The molecule has 20 heavy (non-hydrogen) atoms. The number of hydrogen-bond donors (Lipinski definition) is 0. The Kier molecular flexibility index (Phi) is 10.4. The van der Waals surface area contributed by atoms with Gasteiger partial charge in [-0.1, -0.05) is 51.9 Å². The molecular formula is C17H32O3. The number of ether oxygens (including phenoxy) is 1. The number of carbonyl (C=O) groups is 2. The van der Waals surface area contributed by atoms with E-state index >= 15 is 0 Å². The number of unbranched alkanes of at least 4 members (excludes halogenated alkanes) is 7. The summed E-state index contributed by atoms with van der Waals surface area (Å²) in [5.41, 5.74) is -0.504. The van der Waals surface area contributed by atoms with Gasteiger partial charge in [-0.05, 0) is 27.2 Å². The zero-order valence-corrected chi connectivity index (χ0v) is 13.8. The minimum Gasteiger partial charge on any atom is -0.460 e. The summed E-state index contributed by atoms with van der Waals surface area (Å²) in [6.07, 6.45) is 10.1. The van der Waals surface area contributed by atoms with Crippen molar-refractivity contribution >= 4 is 11.8 Å². The largest absolute Gasteiger partial charge is 0.460 e. The monoisotopic (exact) mass is 284 g/mol. The third-order valence-electron chi connectivity index (χ3n) is 3.07. The first kappa shape index (κ1) is 19.1. The lowest BCUT2D eigenvalue weighted by Crippen LogP contribution is -2.25. The summed E-state index contributed by atoms with van der Waals surface area (Å²) in [4.78, 5) is 23.1. The molecule has 0 saturated heterocycles. The quantitative estimate of drug-likeness (QED) is 0.310. The Morgan fingerprint density at radius 2 is 1.35 bits per heavy atom. The summed E-state index contributed by atoms with van der Waals surface area (Å²) >= 11 is 0. The van der Waals surface area contributed by atoms with Crippen molar-refractivity contribution in [3.8, 4) is 0 Å². The van der Waals surface area contributed by atoms with E-state index in [9.17, 15) is 9.59 Å². The van der Waals surface area contributed by atoms with Crippen LogP contribution in [0.25, 0.3) is 0 Å². The van der Waals surface area contributed by atoms with Crippen LogP contribution in [-0.2, 0) is 14.3 Å². The van der Waals surface area contributed by atoms with Gasteiger partial charge in [0, 0.05) is 6.42 Å². The predicted molar refractivity (Wildman–Crippen MR) is 82.7 cm³/mol. The Balaban J connectivity index is 3.47. The minimum atomic E-state index is -0.504. The molecule has 0 spiro atoms. The fourth-order valence-electron chi connectivity index (χ4n) is 2.08. The van der Waals surface area contributed by atoms with Crippen LogP contribution in [0.3, 0.4) is 0 Å². The third kappa shape index (κ3) is 13.6. The van der Waals surface area contributed by atoms with Crippen LogP contribution in [-0.4, -0.2) is 17.4 Å². The first-order chi connectivity index (χ1) is 9.35. The molecule has 0 saturated carbocycles. The molecule has 118 valence electrons. The average molecular weight is 284 g/mol. The molecule has 0 heterocycles. The highest BCUT2D eigenvalue weighted by molar-refractivity contribution is 5.95. The van der Waals surface area contributed by atoms with E-state index in [2.05, 4.69) is 6.92 Å². The van der Waals surface area contributed by atoms with Crippen molar-refractivity contribution in [3.05, 3.63) is 0 Å². The lowest BCUT2D eigenvalue weighted by Gasteiger charge is -2.19. The van der Waals surface area contributed by atoms with Gasteiger partial charge in [0.2, 0.25) is 0 Å². The van der Waals surface area contributed by atoms with E-state index in [-0.39, 0.29) is 12.2 Å². The van der Waals surface area contributed by atoms with Crippen LogP contribution in [0.15, 0.2) is 0 Å². The van der Waals surface area contributed by atoms with E-state index in [0.717, 1.165) is 12.8 Å². The summed E-state index contributed by atoms with van der Waals surface area (Å²) in [5.74, 6) is -0.396. The molecule has 0 fully saturated rings. The molecule has 0 rings (SSSR count). The van der Waals surface area contributed by atoms with Gasteiger partial charge in [-0.2, -0.15) is 0 Å². The molecular weight excluding hydrogens is 252 g/mol. The Hall–Kier alpha value is -0.860. The predicted octanol–water partition coefficient (Wildman–Crippen LogP) is 4.82. The highest BCUT2D eigenvalue weighted by atomic mass is 16.6. The standard InChI is InChI=1S/C17H32O3/c1-5-6-7-8-9-10-11-12-13-15(18)14-16(19)20-17(2,3)4/h5-14H2,1-4H3. The van der Waals surface area contributed by atoms with Gasteiger partial charge in [0.05, 0.1) is 0 Å². The summed E-state index contributed by atoms with van der Waals surface area (Å²) < 4.78 is 5.13. The minimum absolute atomic E-state index is 0.00485. The van der Waals surface area contributed by atoms with Crippen molar-refractivity contribution in [3.63, 3.8) is 0 Å². The molecule has 0 bridgehead atoms. The molecule has 0 radical (unpaired) electrons. The van der Waals surface area contributed by atoms with Gasteiger partial charge in [-0.15, -0.1) is 0 Å². The van der Waals surface area contributed by atoms with Crippen LogP contribution < -0.4 is 0 Å². The second kappa shape index (κ2) is 10.9. The van der Waals surface area contributed by atoms with Gasteiger partial charge in [-0.25, -0.2) is 0 Å². The summed E-state index contributed by atoms with van der Waals surface area (Å²) in [6, 6.07) is 0. The zero-order chi connectivity index (χ0) is 15.4. The normalized spacial score (nSPS) is 11.4. The van der Waals surface area contributed by atoms with Crippen LogP contribution in [0.1, 0.15) is 91.9 Å². The van der Waals surface area contributed by atoms with Gasteiger partial charge in [0.1, 0.15) is 17.8 Å². The van der Waals surface area contributed by atoms with E-state index in [0.29, 0.717) is 6.42 Å². The van der Waals surface area contributed by atoms with Crippen LogP contribution in [0.4, 0.5) is 0 Å². The van der Waals surface area contributed by atoms with Gasteiger partial charge < -0.3 is 4.74 Å². The molecule has 0 N–H and O–H groups in total. The van der Waals surface area contributed by atoms with E-state index < -0.39 is 11.6 Å². The molecule has 0 unspecified atom stereocenters. The van der Waals surface area contributed by atoms with E-state index in [4.69, 9.17) is 4.74 Å². The summed E-state index contributed by atoms with van der Waals surface area (Å²) in [6.45, 7) is 7.66. The smallest absolute Gasteiger partial charge is 0.313 e. The van der Waals surface area contributed by atoms with Crippen molar-refractivity contribution in [2.45, 2.75) is 97.5 Å². The fourth-order valence-corrected chi connectivity index (χ4v) is 2.08. The maximum atomic E-state index is 11.6. The van der Waals surface area contributed by atoms with Gasteiger partial charge in [-0.3, -0.25) is 9.59 Å². The van der Waals surface area contributed by atoms with Gasteiger partial charge in [0.15, 0.2) is 0 Å². The van der Waals surface area contributed by atoms with Crippen LogP contribution in [0.5, 0.6) is 0 Å². The second-order valence-electron chi connectivity index (χ2n) is 6.53. The Labute approximate surface area is 124 Å². The number of Topliss-reactive ketones (excluding diaryl/α,β-unsaturated/α-hetero) is 1. The first-order valence-electron chi connectivity index (χ1n) is 8.08. The van der Waals surface area contributed by atoms with Gasteiger partial charge >= 0.3 is 5.97 Å². The van der Waals surface area contributed by atoms with Crippen LogP contribution in [0.2, 0.25) is 0 Å². The molecule has 0 aliphatic rings. The van der Waals surface area contributed by atoms with E-state index in [1.807, 2.05) is 20.8 Å². The Morgan fingerprint density at radius 3 is 1.85 bits per heavy atom. The Bertz CT molecular complexity index is 276. The highest BCUT2D eigenvalue weighted by Gasteiger charge is 2.18. The van der Waals surface area contributed by atoms with Crippen LogP contribution >= 0.6 is 0 Å². The van der Waals surface area contributed by atoms with Crippen molar-refractivity contribution in [1.29, 1.82) is 0 Å². The van der Waals surface area contributed by atoms with Crippen molar-refractivity contribution < 1.29 is 14.3 Å². The number of hydrogen-bond acceptors (Lipinski definition) is 3. The maximum absolute atomic E-state index is 11.6. The third-order valence-corrected chi connectivity index (χ3v) is 3.07. The topological polar surface area (TPSA) is 43.4 Å². The molecule has 0 aliphatic carbocycles. The molecule has 3 heteroatoms. The SMILES string of the molecule is CCCCCCCCCCC(=O)CC(=O)OC(C)(C)C. The number of ketones is 1. The lowest BCUT2D eigenvalue weighted by molar-refractivity contribution is -0.156. The second-order valence-corrected chi connectivity index (χ2v) is 6.53. The maximum Gasteiger partial charge on any atom is 0.313 e. The summed E-state index contributed by atoms with van der Waals surface area (Å²) in [5, 5.41) is 0. The molecule has 0 aromatic heterocycles. The molecule has 3 nitrogen and oxygen atoms in total. The zero-order valence-electron chi connectivity index (χ0n) is 13.8. The number of esters is 1. The van der Waals surface area contributed by atoms with E-state index in [1.165, 1.54) is 38.5 Å². The summed E-state index contributed by atoms with van der Waals surface area (Å²) in [7, 11) is 0. The lowest BCUT2D eigenvalue weighted by atomic mass is 10.1. The molecule has 0 amide bonds. The average Bonchev–Trinajstić information content (AvgIpc) is 2.30. The molecule has 0 aliphatic heterocycles. The van der Waals surface area contributed by atoms with Crippen molar-refractivity contribution in [2.75, 3.05) is 0 Å². The first-order valence-corrected chi connectivity index (χ1v) is 8.08. The molecule has 0 aromatic carbocycles. The fraction of sp³-hybridized carbons (Fsp3) is 0.882. The number of rotatable bonds is 11. The molecule has 0 atom stereocenters. The number of carbonyl (C=O) groups excluding carboxylic acids is 2. The van der Waals surface area contributed by atoms with Crippen molar-refractivity contribution in [1.82, 2.24) is 0 Å². The Morgan fingerprint density at radius 1 is 0.850 bits per heavy atom. The van der Waals surface area contributed by atoms with Crippen molar-refractivity contribution in [2.24, 2.45) is 0 Å². The van der Waals surface area contributed by atoms with Gasteiger partial charge in [0.25, 0.3) is 0 Å².